The van der Waals surface area contributed by atoms with Crippen LogP contribution in [0.25, 0.3) is 0 Å². The van der Waals surface area contributed by atoms with Gasteiger partial charge < -0.3 is 45.2 Å². The van der Waals surface area contributed by atoms with Crippen LogP contribution < -0.4 is 26.2 Å². The Morgan fingerprint density at radius 2 is 1.40 bits per heavy atom. The Kier molecular flexibility index (Phi) is 14.8. The normalized spacial score (nSPS) is 19.2. The zero-order valence-corrected chi connectivity index (χ0v) is 29.8. The number of amides is 5. The molecule has 5 rings (SSSR count). The number of fused-ring (bicyclic) bond motifs is 2. The molecule has 53 heavy (non-hydrogen) atoms. The van der Waals surface area contributed by atoms with Gasteiger partial charge in [-0.25, -0.2) is 4.79 Å². The summed E-state index contributed by atoms with van der Waals surface area (Å²) in [5, 5.41) is 12.2. The predicted octanol–water partition coefficient (Wildman–Crippen LogP) is 0.265. The van der Waals surface area contributed by atoms with Gasteiger partial charge in [-0.3, -0.25) is 24.0 Å². The van der Waals surface area contributed by atoms with Crippen LogP contribution in [-0.4, -0.2) is 119 Å². The minimum Gasteiger partial charge on any atom is -0.378 e. The van der Waals surface area contributed by atoms with Crippen molar-refractivity contribution >= 4 is 41.2 Å². The number of rotatable bonds is 22. The fourth-order valence-corrected chi connectivity index (χ4v) is 6.69. The van der Waals surface area contributed by atoms with E-state index in [9.17, 15) is 28.8 Å². The van der Waals surface area contributed by atoms with Crippen LogP contribution in [0.1, 0.15) is 49.3 Å². The third-order valence-corrected chi connectivity index (χ3v) is 9.23. The molecule has 2 fully saturated rings. The van der Waals surface area contributed by atoms with Crippen LogP contribution in [-0.2, 0) is 53.2 Å². The molecule has 0 aromatic heterocycles. The molecule has 286 valence electrons. The molecule has 2 unspecified atom stereocenters. The molecular formula is C37H48N6O10. The lowest BCUT2D eigenvalue weighted by molar-refractivity contribution is -0.197. The number of hydroxylamine groups is 2. The molecule has 0 saturated carbocycles. The highest BCUT2D eigenvalue weighted by Gasteiger charge is 2.57. The molecule has 3 aliphatic rings. The van der Waals surface area contributed by atoms with E-state index in [4.69, 9.17) is 19.0 Å². The van der Waals surface area contributed by atoms with Gasteiger partial charge >= 0.3 is 5.97 Å². The smallest absolute Gasteiger partial charge is 0.333 e. The molecule has 0 radical (unpaired) electrons. The first-order valence-electron chi connectivity index (χ1n) is 18.0. The van der Waals surface area contributed by atoms with Crippen LogP contribution in [0.5, 0.6) is 0 Å². The third kappa shape index (κ3) is 10.4. The number of nitrogens with zero attached hydrogens (tertiary/aromatic N) is 2. The number of carbonyl (C=O) groups is 6. The Labute approximate surface area is 308 Å². The van der Waals surface area contributed by atoms with Crippen LogP contribution in [0.15, 0.2) is 54.6 Å². The van der Waals surface area contributed by atoms with Crippen molar-refractivity contribution in [1.29, 1.82) is 0 Å². The quantitative estimate of drug-likeness (QED) is 0.0954. The summed E-state index contributed by atoms with van der Waals surface area (Å²) in [5.74, 6) is -2.60. The number of ether oxygens (including phenoxy) is 3. The highest BCUT2D eigenvalue weighted by molar-refractivity contribution is 6.09. The molecule has 16 nitrogen and oxygen atoms in total. The van der Waals surface area contributed by atoms with Gasteiger partial charge in [0.15, 0.2) is 0 Å². The molecule has 3 heterocycles. The Morgan fingerprint density at radius 3 is 2.13 bits per heavy atom. The molecule has 4 N–H and O–H groups in total. The zero-order valence-electron chi connectivity index (χ0n) is 29.8. The van der Waals surface area contributed by atoms with E-state index >= 15 is 0 Å². The van der Waals surface area contributed by atoms with Crippen molar-refractivity contribution in [3.8, 4) is 0 Å². The number of hydrogen-bond acceptors (Lipinski definition) is 12. The monoisotopic (exact) mass is 736 g/mol. The SMILES string of the molecule is O=C(CCC(=O)ON1C(=O)CCC1=O)NCCNC(=O)CNCCOCCOCCOCCN1C(=O)C2(CCNC2c2ccccc2)c2ccccc21. The van der Waals surface area contributed by atoms with Gasteiger partial charge in [-0.1, -0.05) is 48.5 Å². The standard InChI is InChI=1S/C37H48N6O10/c44-30(10-13-34(48)53-43-32(46)11-12-33(43)47)39-16-17-40-31(45)26-38-18-20-50-22-24-52-25-23-51-21-19-42-29-9-5-4-8-28(29)37(36(42)49)14-15-41-35(37)27-6-2-1-3-7-27/h1-9,35,38,41H,10-26H2,(H,39,44)(H,40,45). The van der Waals surface area contributed by atoms with E-state index in [2.05, 4.69) is 39.5 Å². The average Bonchev–Trinajstić information content (AvgIpc) is 3.82. The van der Waals surface area contributed by atoms with E-state index in [1.165, 1.54) is 0 Å². The fourth-order valence-electron chi connectivity index (χ4n) is 6.69. The number of nitrogens with one attached hydrogen (secondary N) is 4. The molecule has 2 saturated heterocycles. The summed E-state index contributed by atoms with van der Waals surface area (Å²) in [4.78, 5) is 79.1. The lowest BCUT2D eigenvalue weighted by atomic mass is 9.73. The van der Waals surface area contributed by atoms with Crippen molar-refractivity contribution in [3.63, 3.8) is 0 Å². The largest absolute Gasteiger partial charge is 0.378 e. The van der Waals surface area contributed by atoms with Crippen molar-refractivity contribution in [2.75, 3.05) is 83.8 Å². The number of imide groups is 1. The first-order valence-corrected chi connectivity index (χ1v) is 18.0. The minimum atomic E-state index is -0.853. The van der Waals surface area contributed by atoms with Crippen LogP contribution in [0.2, 0.25) is 0 Å². The zero-order chi connectivity index (χ0) is 37.5. The number of para-hydroxylation sites is 1. The van der Waals surface area contributed by atoms with E-state index in [1.807, 2.05) is 41.3 Å². The second-order valence-electron chi connectivity index (χ2n) is 12.8. The fraction of sp³-hybridized carbons (Fsp3) is 0.514. The number of benzene rings is 2. The van der Waals surface area contributed by atoms with E-state index in [1.54, 1.807) is 0 Å². The van der Waals surface area contributed by atoms with Gasteiger partial charge in [-0.05, 0) is 30.2 Å². The Bertz CT molecular complexity index is 1580. The summed E-state index contributed by atoms with van der Waals surface area (Å²) >= 11 is 0. The van der Waals surface area contributed by atoms with Gasteiger partial charge in [0.2, 0.25) is 17.7 Å². The third-order valence-electron chi connectivity index (χ3n) is 9.23. The summed E-state index contributed by atoms with van der Waals surface area (Å²) in [6, 6.07) is 18.2. The first kappa shape index (κ1) is 39.5. The highest BCUT2D eigenvalue weighted by Crippen LogP contribution is 2.53. The Hall–Kier alpha value is -4.74. The molecule has 2 aromatic rings. The number of carbonyl (C=O) groups excluding carboxylic acids is 6. The topological polar surface area (TPSA) is 194 Å². The van der Waals surface area contributed by atoms with Crippen LogP contribution in [0.4, 0.5) is 5.69 Å². The van der Waals surface area contributed by atoms with Gasteiger partial charge in [0.05, 0.1) is 64.1 Å². The minimum absolute atomic E-state index is 0.00565. The molecule has 0 bridgehead atoms. The van der Waals surface area contributed by atoms with Crippen LogP contribution in [0, 0.1) is 0 Å². The van der Waals surface area contributed by atoms with Crippen molar-refractivity contribution in [1.82, 2.24) is 26.3 Å². The molecule has 1 spiro atoms. The molecule has 5 amide bonds. The van der Waals surface area contributed by atoms with Gasteiger partial charge in [0, 0.05) is 51.1 Å². The summed E-state index contributed by atoms with van der Waals surface area (Å²) in [6.07, 6.45) is 0.253. The number of anilines is 1. The maximum atomic E-state index is 14.0. The maximum Gasteiger partial charge on any atom is 0.333 e. The first-order chi connectivity index (χ1) is 25.8. The second kappa shape index (κ2) is 19.9. The van der Waals surface area contributed by atoms with Crippen LogP contribution in [0.3, 0.4) is 0 Å². The summed E-state index contributed by atoms with van der Waals surface area (Å²) in [5.41, 5.74) is 2.50. The maximum absolute atomic E-state index is 14.0. The highest BCUT2D eigenvalue weighted by atomic mass is 16.7. The van der Waals surface area contributed by atoms with E-state index in [0.717, 1.165) is 29.8 Å². The van der Waals surface area contributed by atoms with Crippen molar-refractivity contribution in [2.24, 2.45) is 0 Å². The molecule has 2 aromatic carbocycles. The molecule has 3 aliphatic heterocycles. The molecule has 16 heteroatoms. The van der Waals surface area contributed by atoms with Gasteiger partial charge in [0.1, 0.15) is 0 Å². The van der Waals surface area contributed by atoms with Crippen molar-refractivity contribution in [3.05, 3.63) is 65.7 Å². The van der Waals surface area contributed by atoms with Gasteiger partial charge in [-0.2, -0.15) is 0 Å². The lowest BCUT2D eigenvalue weighted by Gasteiger charge is -2.30. The van der Waals surface area contributed by atoms with E-state index in [-0.39, 0.29) is 63.2 Å². The van der Waals surface area contributed by atoms with Gasteiger partial charge in [-0.15, -0.1) is 5.06 Å². The Morgan fingerprint density at radius 1 is 0.755 bits per heavy atom. The summed E-state index contributed by atoms with van der Waals surface area (Å²) in [7, 11) is 0. The number of hydrogen-bond donors (Lipinski definition) is 4. The lowest BCUT2D eigenvalue weighted by Crippen LogP contribution is -2.44. The van der Waals surface area contributed by atoms with E-state index in [0.29, 0.717) is 57.8 Å². The second-order valence-corrected chi connectivity index (χ2v) is 12.8. The summed E-state index contributed by atoms with van der Waals surface area (Å²) < 4.78 is 16.9. The average molecular weight is 737 g/mol. The van der Waals surface area contributed by atoms with E-state index < -0.39 is 29.1 Å². The molecular weight excluding hydrogens is 688 g/mol. The summed E-state index contributed by atoms with van der Waals surface area (Å²) in [6.45, 7) is 4.47. The van der Waals surface area contributed by atoms with Crippen LogP contribution >= 0.6 is 0 Å². The van der Waals surface area contributed by atoms with Crippen molar-refractivity contribution in [2.45, 2.75) is 43.6 Å². The predicted molar refractivity (Wildman–Crippen MR) is 190 cm³/mol. The van der Waals surface area contributed by atoms with Gasteiger partial charge in [0.25, 0.3) is 11.8 Å². The Balaban J connectivity index is 0.836. The molecule has 0 aliphatic carbocycles. The van der Waals surface area contributed by atoms with Crippen molar-refractivity contribution < 1.29 is 47.8 Å². The molecule has 2 atom stereocenters.